The highest BCUT2D eigenvalue weighted by Gasteiger charge is 2.16. The van der Waals surface area contributed by atoms with E-state index in [1.54, 1.807) is 35.4 Å². The van der Waals surface area contributed by atoms with Crippen molar-refractivity contribution >= 4 is 17.6 Å². The summed E-state index contributed by atoms with van der Waals surface area (Å²) in [5.41, 5.74) is 1.52. The highest BCUT2D eigenvalue weighted by atomic mass is 16.4. The second kappa shape index (κ2) is 7.36. The van der Waals surface area contributed by atoms with Crippen LogP contribution in [0, 0.1) is 6.92 Å². The molecule has 0 fully saturated rings. The number of pyridine rings is 1. The van der Waals surface area contributed by atoms with Crippen LogP contribution in [-0.2, 0) is 4.79 Å². The van der Waals surface area contributed by atoms with Crippen LogP contribution in [0.3, 0.4) is 0 Å². The van der Waals surface area contributed by atoms with Gasteiger partial charge in [0, 0.05) is 18.3 Å². The average Bonchev–Trinajstić information content (AvgIpc) is 2.52. The molecule has 0 aliphatic heterocycles. The monoisotopic (exact) mass is 298 g/mol. The van der Waals surface area contributed by atoms with Gasteiger partial charge in [-0.1, -0.05) is 36.4 Å². The van der Waals surface area contributed by atoms with Gasteiger partial charge in [0.15, 0.2) is 5.78 Å². The van der Waals surface area contributed by atoms with E-state index >= 15 is 0 Å². The van der Waals surface area contributed by atoms with Crippen LogP contribution < -0.4 is 4.90 Å². The number of hydrogen-bond donors (Lipinski definition) is 1. The third kappa shape index (κ3) is 4.15. The Balaban J connectivity index is 2.19. The molecule has 22 heavy (non-hydrogen) atoms. The summed E-state index contributed by atoms with van der Waals surface area (Å²) in [7, 11) is 0. The number of anilines is 1. The topological polar surface area (TPSA) is 70.5 Å². The van der Waals surface area contributed by atoms with Gasteiger partial charge in [-0.2, -0.15) is 0 Å². The zero-order valence-corrected chi connectivity index (χ0v) is 12.4. The minimum absolute atomic E-state index is 0.0436. The summed E-state index contributed by atoms with van der Waals surface area (Å²) in [5.74, 6) is -0.310. The minimum Gasteiger partial charge on any atom is -0.481 e. The SMILES string of the molecule is Cc1cccnc1N(CCC(=O)O)CC(=O)c1ccccc1. The van der Waals surface area contributed by atoms with Gasteiger partial charge in [0.05, 0.1) is 13.0 Å². The van der Waals surface area contributed by atoms with Gasteiger partial charge in [-0.3, -0.25) is 9.59 Å². The average molecular weight is 298 g/mol. The lowest BCUT2D eigenvalue weighted by molar-refractivity contribution is -0.136. The molecule has 5 nitrogen and oxygen atoms in total. The maximum atomic E-state index is 12.4. The summed E-state index contributed by atoms with van der Waals surface area (Å²) in [5, 5.41) is 8.90. The quantitative estimate of drug-likeness (QED) is 0.795. The molecule has 0 bridgehead atoms. The van der Waals surface area contributed by atoms with Crippen molar-refractivity contribution in [2.24, 2.45) is 0 Å². The van der Waals surface area contributed by atoms with Crippen LogP contribution in [-0.4, -0.2) is 34.9 Å². The minimum atomic E-state index is -0.897. The number of nitrogens with zero attached hydrogens (tertiary/aromatic N) is 2. The molecule has 2 rings (SSSR count). The van der Waals surface area contributed by atoms with Crippen LogP contribution in [0.5, 0.6) is 0 Å². The first-order valence-corrected chi connectivity index (χ1v) is 7.04. The number of Topliss-reactive ketones (excluding diaryl/α,β-unsaturated/α-hetero) is 1. The van der Waals surface area contributed by atoms with Crippen LogP contribution in [0.15, 0.2) is 48.7 Å². The second-order valence-electron chi connectivity index (χ2n) is 5.00. The molecule has 1 heterocycles. The first kappa shape index (κ1) is 15.7. The van der Waals surface area contributed by atoms with Gasteiger partial charge >= 0.3 is 5.97 Å². The van der Waals surface area contributed by atoms with E-state index in [-0.39, 0.29) is 25.3 Å². The van der Waals surface area contributed by atoms with Gasteiger partial charge in [-0.15, -0.1) is 0 Å². The Bertz CT molecular complexity index is 656. The van der Waals surface area contributed by atoms with Crippen molar-refractivity contribution in [1.82, 2.24) is 4.98 Å². The number of hydrogen-bond acceptors (Lipinski definition) is 4. The number of ketones is 1. The first-order chi connectivity index (χ1) is 10.6. The molecular weight excluding hydrogens is 280 g/mol. The van der Waals surface area contributed by atoms with Crippen LogP contribution in [0.4, 0.5) is 5.82 Å². The Morgan fingerprint density at radius 1 is 1.14 bits per heavy atom. The van der Waals surface area contributed by atoms with Crippen molar-refractivity contribution in [3.63, 3.8) is 0 Å². The van der Waals surface area contributed by atoms with E-state index < -0.39 is 5.97 Å². The summed E-state index contributed by atoms with van der Waals surface area (Å²) in [6.07, 6.45) is 1.60. The van der Waals surface area contributed by atoms with E-state index in [1.807, 2.05) is 25.1 Å². The van der Waals surface area contributed by atoms with Gasteiger partial charge in [-0.25, -0.2) is 4.98 Å². The lowest BCUT2D eigenvalue weighted by Crippen LogP contribution is -2.33. The normalized spacial score (nSPS) is 10.2. The Morgan fingerprint density at radius 3 is 2.50 bits per heavy atom. The predicted octanol–water partition coefficient (Wildman–Crippen LogP) is 2.55. The van der Waals surface area contributed by atoms with Gasteiger partial charge in [0.25, 0.3) is 0 Å². The predicted molar refractivity (Wildman–Crippen MR) is 84.2 cm³/mol. The molecule has 0 saturated heterocycles. The lowest BCUT2D eigenvalue weighted by Gasteiger charge is -2.23. The van der Waals surface area contributed by atoms with Crippen LogP contribution in [0.2, 0.25) is 0 Å². The fourth-order valence-electron chi connectivity index (χ4n) is 2.19. The summed E-state index contributed by atoms with van der Waals surface area (Å²) >= 11 is 0. The van der Waals surface area contributed by atoms with E-state index in [9.17, 15) is 9.59 Å². The van der Waals surface area contributed by atoms with Gasteiger partial charge in [-0.05, 0) is 18.6 Å². The van der Waals surface area contributed by atoms with Crippen molar-refractivity contribution in [2.45, 2.75) is 13.3 Å². The molecule has 1 N–H and O–H groups in total. The summed E-state index contributed by atoms with van der Waals surface area (Å²) in [4.78, 5) is 29.2. The number of aryl methyl sites for hydroxylation is 1. The lowest BCUT2D eigenvalue weighted by atomic mass is 10.1. The second-order valence-corrected chi connectivity index (χ2v) is 5.00. The number of carboxylic acid groups (broad SMARTS) is 1. The van der Waals surface area contributed by atoms with E-state index in [1.165, 1.54) is 0 Å². The number of carbonyl (C=O) groups excluding carboxylic acids is 1. The van der Waals surface area contributed by atoms with Gasteiger partial charge in [0.2, 0.25) is 0 Å². The van der Waals surface area contributed by atoms with E-state index in [0.717, 1.165) is 5.56 Å². The van der Waals surface area contributed by atoms with Crippen LogP contribution in [0.25, 0.3) is 0 Å². The third-order valence-electron chi connectivity index (χ3n) is 3.31. The van der Waals surface area contributed by atoms with Crippen molar-refractivity contribution in [3.05, 3.63) is 59.8 Å². The van der Waals surface area contributed by atoms with Crippen molar-refractivity contribution in [1.29, 1.82) is 0 Å². The zero-order valence-electron chi connectivity index (χ0n) is 12.4. The Labute approximate surface area is 129 Å². The van der Waals surface area contributed by atoms with Gasteiger partial charge in [0.1, 0.15) is 5.82 Å². The highest BCUT2D eigenvalue weighted by molar-refractivity contribution is 5.99. The van der Waals surface area contributed by atoms with Crippen LogP contribution in [0.1, 0.15) is 22.3 Å². The smallest absolute Gasteiger partial charge is 0.305 e. The molecule has 5 heteroatoms. The molecule has 0 saturated carbocycles. The molecule has 0 radical (unpaired) electrons. The van der Waals surface area contributed by atoms with E-state index in [2.05, 4.69) is 4.98 Å². The molecule has 0 atom stereocenters. The standard InChI is InChI=1S/C17H18N2O3/c1-13-6-5-10-18-17(13)19(11-9-16(21)22)12-15(20)14-7-3-2-4-8-14/h2-8,10H,9,11-12H2,1H3,(H,21,22). The van der Waals surface area contributed by atoms with Gasteiger partial charge < -0.3 is 10.0 Å². The molecule has 0 spiro atoms. The molecule has 0 unspecified atom stereocenters. The van der Waals surface area contributed by atoms with E-state index in [0.29, 0.717) is 11.4 Å². The molecular formula is C17H18N2O3. The fourth-order valence-corrected chi connectivity index (χ4v) is 2.19. The maximum absolute atomic E-state index is 12.4. The molecule has 1 aromatic heterocycles. The maximum Gasteiger partial charge on any atom is 0.305 e. The summed E-state index contributed by atoms with van der Waals surface area (Å²) in [6, 6.07) is 12.7. The number of carboxylic acids is 1. The fraction of sp³-hybridized carbons (Fsp3) is 0.235. The molecule has 2 aromatic rings. The van der Waals surface area contributed by atoms with E-state index in [4.69, 9.17) is 5.11 Å². The Kier molecular flexibility index (Phi) is 5.25. The molecule has 0 aliphatic rings. The molecule has 0 aliphatic carbocycles. The van der Waals surface area contributed by atoms with Crippen molar-refractivity contribution < 1.29 is 14.7 Å². The third-order valence-corrected chi connectivity index (χ3v) is 3.31. The van der Waals surface area contributed by atoms with Crippen LogP contribution >= 0.6 is 0 Å². The Morgan fingerprint density at radius 2 is 1.86 bits per heavy atom. The zero-order chi connectivity index (χ0) is 15.9. The Hall–Kier alpha value is -2.69. The summed E-state index contributed by atoms with van der Waals surface area (Å²) in [6.45, 7) is 2.24. The number of rotatable bonds is 7. The van der Waals surface area contributed by atoms with Crippen molar-refractivity contribution in [3.8, 4) is 0 Å². The molecule has 1 aromatic carbocycles. The summed E-state index contributed by atoms with van der Waals surface area (Å²) < 4.78 is 0. The number of benzene rings is 1. The number of aliphatic carboxylic acids is 1. The van der Waals surface area contributed by atoms with Crippen molar-refractivity contribution in [2.75, 3.05) is 18.0 Å². The number of carbonyl (C=O) groups is 2. The highest BCUT2D eigenvalue weighted by Crippen LogP contribution is 2.17. The largest absolute Gasteiger partial charge is 0.481 e. The number of aromatic nitrogens is 1. The molecule has 0 amide bonds. The molecule has 114 valence electrons. The first-order valence-electron chi connectivity index (χ1n) is 7.04.